The van der Waals surface area contributed by atoms with Crippen molar-refractivity contribution < 1.29 is 9.84 Å². The number of hydrogen-bond donors (Lipinski definition) is 1. The molecule has 120 valence electrons. The van der Waals surface area contributed by atoms with Gasteiger partial charge in [0.1, 0.15) is 0 Å². The number of benzene rings is 1. The monoisotopic (exact) mass is 319 g/mol. The molecule has 1 aromatic heterocycles. The molecule has 0 bridgehead atoms. The molecule has 0 radical (unpaired) electrons. The summed E-state index contributed by atoms with van der Waals surface area (Å²) in [6.45, 7) is 8.60. The van der Waals surface area contributed by atoms with Gasteiger partial charge in [-0.25, -0.2) is 0 Å². The van der Waals surface area contributed by atoms with Gasteiger partial charge >= 0.3 is 0 Å². The molecule has 0 saturated carbocycles. The summed E-state index contributed by atoms with van der Waals surface area (Å²) in [6.07, 6.45) is 1.52. The van der Waals surface area contributed by atoms with E-state index >= 15 is 0 Å². The van der Waals surface area contributed by atoms with E-state index < -0.39 is 5.60 Å². The molecule has 22 heavy (non-hydrogen) atoms. The van der Waals surface area contributed by atoms with E-state index in [0.29, 0.717) is 6.73 Å². The highest BCUT2D eigenvalue weighted by atomic mass is 32.1. The van der Waals surface area contributed by atoms with Gasteiger partial charge in [-0.3, -0.25) is 4.90 Å². The molecule has 0 atom stereocenters. The van der Waals surface area contributed by atoms with Crippen molar-refractivity contribution >= 4 is 21.4 Å². The molecule has 1 fully saturated rings. The maximum Gasteiger partial charge on any atom is 0.0997 e. The van der Waals surface area contributed by atoms with Crippen molar-refractivity contribution in [1.82, 2.24) is 4.90 Å². The molecule has 1 N–H and O–H groups in total. The van der Waals surface area contributed by atoms with Gasteiger partial charge in [0.25, 0.3) is 0 Å². The van der Waals surface area contributed by atoms with Crippen LogP contribution >= 0.6 is 11.3 Å². The maximum absolute atomic E-state index is 11.1. The van der Waals surface area contributed by atoms with Gasteiger partial charge < -0.3 is 9.84 Å². The normalized spacial score (nSPS) is 19.6. The topological polar surface area (TPSA) is 32.7 Å². The van der Waals surface area contributed by atoms with Gasteiger partial charge in [-0.1, -0.05) is 12.1 Å². The minimum atomic E-state index is -0.710. The predicted molar refractivity (Wildman–Crippen MR) is 92.2 cm³/mol. The first kappa shape index (κ1) is 15.9. The molecule has 1 aromatic carbocycles. The van der Waals surface area contributed by atoms with Crippen molar-refractivity contribution in [1.29, 1.82) is 0 Å². The second kappa shape index (κ2) is 5.93. The van der Waals surface area contributed by atoms with Gasteiger partial charge in [0.15, 0.2) is 0 Å². The second-order valence-electron chi connectivity index (χ2n) is 7.17. The Morgan fingerprint density at radius 3 is 2.64 bits per heavy atom. The summed E-state index contributed by atoms with van der Waals surface area (Å²) in [5.74, 6) is 0. The highest BCUT2D eigenvalue weighted by Gasteiger charge is 2.35. The van der Waals surface area contributed by atoms with E-state index in [0.717, 1.165) is 31.5 Å². The molecule has 3 nitrogen and oxygen atoms in total. The molecule has 2 heterocycles. The van der Waals surface area contributed by atoms with Crippen LogP contribution in [0.3, 0.4) is 0 Å². The zero-order valence-electron chi connectivity index (χ0n) is 13.6. The van der Waals surface area contributed by atoms with Crippen LogP contribution in [0.1, 0.15) is 39.2 Å². The van der Waals surface area contributed by atoms with Crippen LogP contribution in [0.15, 0.2) is 29.6 Å². The zero-order chi connectivity index (χ0) is 15.8. The van der Waals surface area contributed by atoms with Gasteiger partial charge in [0, 0.05) is 17.8 Å². The molecule has 0 spiro atoms. The Morgan fingerprint density at radius 1 is 1.23 bits per heavy atom. The van der Waals surface area contributed by atoms with E-state index in [1.807, 2.05) is 0 Å². The fraction of sp³-hybridized carbons (Fsp3) is 0.556. The Balaban J connectivity index is 1.70. The van der Waals surface area contributed by atoms with Crippen LogP contribution in [0.4, 0.5) is 0 Å². The number of aliphatic hydroxyl groups is 1. The number of ether oxygens (including phenoxy) is 1. The highest BCUT2D eigenvalue weighted by molar-refractivity contribution is 7.17. The summed E-state index contributed by atoms with van der Waals surface area (Å²) in [7, 11) is 0. The summed E-state index contributed by atoms with van der Waals surface area (Å²) in [6, 6.07) is 8.39. The van der Waals surface area contributed by atoms with Gasteiger partial charge in [0.2, 0.25) is 0 Å². The van der Waals surface area contributed by atoms with Crippen molar-refractivity contribution in [2.75, 3.05) is 19.8 Å². The Labute approximate surface area is 136 Å². The first-order valence-corrected chi connectivity index (χ1v) is 8.81. The SMILES string of the molecule is CC(C)(C)OCN1CCC(O)(c2cccc3sccc23)CC1. The number of fused-ring (bicyclic) bond motifs is 1. The third kappa shape index (κ3) is 3.35. The zero-order valence-corrected chi connectivity index (χ0v) is 14.4. The van der Waals surface area contributed by atoms with Crippen LogP contribution in [-0.2, 0) is 10.3 Å². The number of thiophene rings is 1. The molecule has 0 aliphatic carbocycles. The lowest BCUT2D eigenvalue weighted by Gasteiger charge is -2.39. The quantitative estimate of drug-likeness (QED) is 0.929. The average Bonchev–Trinajstić information content (AvgIpc) is 2.94. The summed E-state index contributed by atoms with van der Waals surface area (Å²) < 4.78 is 7.10. The van der Waals surface area contributed by atoms with Crippen LogP contribution in [-0.4, -0.2) is 35.4 Å². The van der Waals surface area contributed by atoms with Crippen LogP contribution in [0.2, 0.25) is 0 Å². The molecular weight excluding hydrogens is 294 g/mol. The first-order chi connectivity index (χ1) is 10.4. The third-order valence-corrected chi connectivity index (χ3v) is 5.24. The van der Waals surface area contributed by atoms with Crippen LogP contribution < -0.4 is 0 Å². The summed E-state index contributed by atoms with van der Waals surface area (Å²) >= 11 is 1.73. The molecule has 2 aromatic rings. The van der Waals surface area contributed by atoms with Gasteiger partial charge in [-0.15, -0.1) is 11.3 Å². The van der Waals surface area contributed by atoms with E-state index in [-0.39, 0.29) is 5.60 Å². The molecule has 4 heteroatoms. The van der Waals surface area contributed by atoms with E-state index in [1.165, 1.54) is 10.1 Å². The smallest absolute Gasteiger partial charge is 0.0997 e. The predicted octanol–water partition coefficient (Wildman–Crippen LogP) is 3.96. The largest absolute Gasteiger partial charge is 0.385 e. The molecule has 1 saturated heterocycles. The van der Waals surface area contributed by atoms with Gasteiger partial charge in [-0.2, -0.15) is 0 Å². The Kier molecular flexibility index (Phi) is 4.29. The molecule has 1 aliphatic heterocycles. The Bertz CT molecular complexity index is 636. The van der Waals surface area contributed by atoms with Crippen molar-refractivity contribution in [2.24, 2.45) is 0 Å². The highest BCUT2D eigenvalue weighted by Crippen LogP contribution is 2.38. The second-order valence-corrected chi connectivity index (χ2v) is 8.12. The van der Waals surface area contributed by atoms with E-state index in [4.69, 9.17) is 4.74 Å². The Morgan fingerprint density at radius 2 is 1.95 bits per heavy atom. The molecule has 1 aliphatic rings. The fourth-order valence-corrected chi connectivity index (χ4v) is 3.82. The number of likely N-dealkylation sites (tertiary alicyclic amines) is 1. The molecule has 3 rings (SSSR count). The Hall–Kier alpha value is -0.940. The standard InChI is InChI=1S/C18H25NO2S/c1-17(2,3)21-13-19-10-8-18(20,9-11-19)15-5-4-6-16-14(15)7-12-22-16/h4-7,12,20H,8-11,13H2,1-3H3. The average molecular weight is 319 g/mol. The van der Waals surface area contributed by atoms with Crippen LogP contribution in [0.25, 0.3) is 10.1 Å². The molecule has 0 unspecified atom stereocenters. The summed E-state index contributed by atoms with van der Waals surface area (Å²) in [4.78, 5) is 2.29. The lowest BCUT2D eigenvalue weighted by molar-refractivity contribution is -0.0959. The number of piperidine rings is 1. The van der Waals surface area contributed by atoms with E-state index in [1.54, 1.807) is 11.3 Å². The number of hydrogen-bond acceptors (Lipinski definition) is 4. The first-order valence-electron chi connectivity index (χ1n) is 7.93. The van der Waals surface area contributed by atoms with E-state index in [2.05, 4.69) is 55.3 Å². The van der Waals surface area contributed by atoms with Crippen LogP contribution in [0.5, 0.6) is 0 Å². The van der Waals surface area contributed by atoms with Crippen molar-refractivity contribution in [2.45, 2.75) is 44.8 Å². The minimum absolute atomic E-state index is 0.115. The van der Waals surface area contributed by atoms with Gasteiger partial charge in [-0.05, 0) is 62.1 Å². The fourth-order valence-electron chi connectivity index (χ4n) is 3.01. The van der Waals surface area contributed by atoms with Crippen molar-refractivity contribution in [3.05, 3.63) is 35.2 Å². The molecule has 0 amide bonds. The summed E-state index contributed by atoms with van der Waals surface area (Å²) in [5.41, 5.74) is 0.261. The number of nitrogens with zero attached hydrogens (tertiary/aromatic N) is 1. The van der Waals surface area contributed by atoms with Crippen molar-refractivity contribution in [3.63, 3.8) is 0 Å². The number of rotatable bonds is 3. The van der Waals surface area contributed by atoms with Gasteiger partial charge in [0.05, 0.1) is 17.9 Å². The summed E-state index contributed by atoms with van der Waals surface area (Å²) in [5, 5.41) is 14.4. The lowest BCUT2D eigenvalue weighted by Crippen LogP contribution is -2.44. The van der Waals surface area contributed by atoms with Crippen LogP contribution in [0, 0.1) is 0 Å². The maximum atomic E-state index is 11.1. The van der Waals surface area contributed by atoms with E-state index in [9.17, 15) is 5.11 Å². The lowest BCUT2D eigenvalue weighted by atomic mass is 9.83. The van der Waals surface area contributed by atoms with Crippen molar-refractivity contribution in [3.8, 4) is 0 Å². The third-order valence-electron chi connectivity index (χ3n) is 4.36. The minimum Gasteiger partial charge on any atom is -0.385 e. The molecular formula is C18H25NO2S.